The quantitative estimate of drug-likeness (QED) is 0.568. The molecule has 8 nitrogen and oxygen atoms in total. The Kier molecular flexibility index (Phi) is 3.61. The molecule has 138 valence electrons. The Balaban J connectivity index is 1.62. The Morgan fingerprint density at radius 3 is 2.74 bits per heavy atom. The van der Waals surface area contributed by atoms with Crippen molar-refractivity contribution in [3.63, 3.8) is 0 Å². The molecule has 5 rings (SSSR count). The average molecular weight is 363 g/mol. The second-order valence-corrected chi connectivity index (χ2v) is 7.27. The monoisotopic (exact) mass is 363 g/mol. The van der Waals surface area contributed by atoms with Gasteiger partial charge in [0.2, 0.25) is 0 Å². The van der Waals surface area contributed by atoms with Gasteiger partial charge in [-0.05, 0) is 57.5 Å². The summed E-state index contributed by atoms with van der Waals surface area (Å²) in [6.45, 7) is 5.90. The smallest absolute Gasteiger partial charge is 0.276 e. The van der Waals surface area contributed by atoms with Crippen molar-refractivity contribution in [2.75, 3.05) is 13.1 Å². The first-order valence-electron chi connectivity index (χ1n) is 9.25. The molecule has 1 aliphatic heterocycles. The summed E-state index contributed by atoms with van der Waals surface area (Å²) in [5, 5.41) is 13.4. The predicted molar refractivity (Wildman–Crippen MR) is 103 cm³/mol. The zero-order valence-corrected chi connectivity index (χ0v) is 15.4. The molecule has 0 atom stereocenters. The van der Waals surface area contributed by atoms with Crippen molar-refractivity contribution in [2.24, 2.45) is 0 Å². The molecule has 0 spiro atoms. The Morgan fingerprint density at radius 1 is 1.11 bits per heavy atom. The van der Waals surface area contributed by atoms with Crippen molar-refractivity contribution < 1.29 is 0 Å². The average Bonchev–Trinajstić information content (AvgIpc) is 3.26. The number of rotatable bonds is 2. The van der Waals surface area contributed by atoms with Crippen LogP contribution in [-0.4, -0.2) is 42.5 Å². The second-order valence-electron chi connectivity index (χ2n) is 7.27. The fourth-order valence-electron chi connectivity index (χ4n) is 3.83. The number of hydrogen-bond donors (Lipinski definition) is 2. The van der Waals surface area contributed by atoms with Crippen LogP contribution >= 0.6 is 0 Å². The molecule has 1 fully saturated rings. The van der Waals surface area contributed by atoms with Gasteiger partial charge in [0.25, 0.3) is 5.56 Å². The topological polar surface area (TPSA) is 92.9 Å². The number of H-pyrrole nitrogens is 1. The number of nitrogens with one attached hydrogen (secondary N) is 2. The molecule has 1 aliphatic rings. The fourth-order valence-corrected chi connectivity index (χ4v) is 3.83. The standard InChI is InChI=1S/C19H21N7O/c1-11-7-16(23-26-9-12(2)21-18(11)26)15-8-13-10-25(14-3-5-20-6-4-14)24-17(13)19(27)22-15/h7-10,14,20H,3-6H2,1-2H3,(H,22,27). The van der Waals surface area contributed by atoms with Crippen molar-refractivity contribution in [2.45, 2.75) is 32.7 Å². The van der Waals surface area contributed by atoms with Crippen LogP contribution in [0.1, 0.15) is 30.1 Å². The number of pyridine rings is 1. The summed E-state index contributed by atoms with van der Waals surface area (Å²) in [6, 6.07) is 4.25. The third-order valence-electron chi connectivity index (χ3n) is 5.21. The highest BCUT2D eigenvalue weighted by atomic mass is 16.1. The van der Waals surface area contributed by atoms with Crippen LogP contribution in [0, 0.1) is 13.8 Å². The Morgan fingerprint density at radius 2 is 1.93 bits per heavy atom. The molecular weight excluding hydrogens is 342 g/mol. The number of hydrogen-bond acceptors (Lipinski definition) is 5. The highest BCUT2D eigenvalue weighted by Crippen LogP contribution is 2.23. The summed E-state index contributed by atoms with van der Waals surface area (Å²) < 4.78 is 3.71. The van der Waals surface area contributed by atoms with E-state index in [1.165, 1.54) is 0 Å². The molecule has 4 aromatic heterocycles. The normalized spacial score (nSPS) is 15.8. The van der Waals surface area contributed by atoms with E-state index < -0.39 is 0 Å². The van der Waals surface area contributed by atoms with Crippen LogP contribution in [-0.2, 0) is 0 Å². The van der Waals surface area contributed by atoms with E-state index in [1.807, 2.05) is 43.1 Å². The highest BCUT2D eigenvalue weighted by Gasteiger charge is 2.18. The van der Waals surface area contributed by atoms with Gasteiger partial charge in [0.1, 0.15) is 5.69 Å². The summed E-state index contributed by atoms with van der Waals surface area (Å²) in [6.07, 6.45) is 5.92. The molecule has 0 saturated carbocycles. The molecule has 0 aliphatic carbocycles. The molecule has 27 heavy (non-hydrogen) atoms. The molecule has 8 heteroatoms. The van der Waals surface area contributed by atoms with Gasteiger partial charge in [0.05, 0.1) is 23.6 Å². The van der Waals surface area contributed by atoms with E-state index in [0.717, 1.165) is 48.2 Å². The maximum Gasteiger partial charge on any atom is 0.276 e. The third-order valence-corrected chi connectivity index (χ3v) is 5.21. The van der Waals surface area contributed by atoms with E-state index in [1.54, 1.807) is 4.52 Å². The van der Waals surface area contributed by atoms with Gasteiger partial charge in [-0.2, -0.15) is 10.2 Å². The first kappa shape index (κ1) is 16.2. The van der Waals surface area contributed by atoms with Crippen LogP contribution < -0.4 is 10.9 Å². The summed E-state index contributed by atoms with van der Waals surface area (Å²) in [5.41, 5.74) is 4.46. The molecule has 0 unspecified atom stereocenters. The number of piperidine rings is 1. The van der Waals surface area contributed by atoms with E-state index in [9.17, 15) is 4.79 Å². The molecule has 4 aromatic rings. The minimum atomic E-state index is -0.184. The molecule has 1 saturated heterocycles. The predicted octanol–water partition coefficient (Wildman–Crippen LogP) is 1.98. The second kappa shape index (κ2) is 6.02. The lowest BCUT2D eigenvalue weighted by Crippen LogP contribution is -2.29. The highest BCUT2D eigenvalue weighted by molar-refractivity contribution is 5.81. The minimum Gasteiger partial charge on any atom is -0.319 e. The van der Waals surface area contributed by atoms with Crippen LogP contribution in [0.4, 0.5) is 0 Å². The Labute approximate surface area is 155 Å². The third kappa shape index (κ3) is 2.73. The van der Waals surface area contributed by atoms with Crippen molar-refractivity contribution >= 4 is 16.6 Å². The lowest BCUT2D eigenvalue weighted by atomic mass is 10.1. The van der Waals surface area contributed by atoms with Crippen molar-refractivity contribution in [3.05, 3.63) is 46.1 Å². The number of nitrogens with zero attached hydrogens (tertiary/aromatic N) is 5. The zero-order chi connectivity index (χ0) is 18.5. The van der Waals surface area contributed by atoms with Gasteiger partial charge in [-0.3, -0.25) is 9.48 Å². The molecular formula is C19H21N7O. The SMILES string of the molecule is Cc1cn2nc(-c3cc4cn(C5CCNCC5)nc4c(=O)[nH]3)cc(C)c2n1. The minimum absolute atomic E-state index is 0.184. The summed E-state index contributed by atoms with van der Waals surface area (Å²) in [5.74, 6) is 0. The van der Waals surface area contributed by atoms with Gasteiger partial charge in [0, 0.05) is 11.6 Å². The van der Waals surface area contributed by atoms with Crippen LogP contribution in [0.15, 0.2) is 29.3 Å². The molecule has 0 radical (unpaired) electrons. The van der Waals surface area contributed by atoms with Gasteiger partial charge in [-0.1, -0.05) is 0 Å². The van der Waals surface area contributed by atoms with Crippen molar-refractivity contribution in [1.29, 1.82) is 0 Å². The lowest BCUT2D eigenvalue weighted by molar-refractivity contribution is 0.345. The summed E-state index contributed by atoms with van der Waals surface area (Å²) in [4.78, 5) is 20.1. The maximum absolute atomic E-state index is 12.6. The Bertz CT molecular complexity index is 1210. The number of aromatic nitrogens is 6. The number of aromatic amines is 1. The van der Waals surface area contributed by atoms with E-state index in [-0.39, 0.29) is 5.56 Å². The molecule has 0 aromatic carbocycles. The van der Waals surface area contributed by atoms with Crippen LogP contribution in [0.2, 0.25) is 0 Å². The lowest BCUT2D eigenvalue weighted by Gasteiger charge is -2.22. The van der Waals surface area contributed by atoms with Crippen LogP contribution in [0.3, 0.4) is 0 Å². The summed E-state index contributed by atoms with van der Waals surface area (Å²) >= 11 is 0. The zero-order valence-electron chi connectivity index (χ0n) is 15.4. The summed E-state index contributed by atoms with van der Waals surface area (Å²) in [7, 11) is 0. The van der Waals surface area contributed by atoms with Gasteiger partial charge >= 0.3 is 0 Å². The number of imidazole rings is 1. The van der Waals surface area contributed by atoms with Gasteiger partial charge in [0.15, 0.2) is 11.2 Å². The van der Waals surface area contributed by atoms with Crippen LogP contribution in [0.5, 0.6) is 0 Å². The van der Waals surface area contributed by atoms with Crippen LogP contribution in [0.25, 0.3) is 27.9 Å². The number of fused-ring (bicyclic) bond motifs is 2. The fraction of sp³-hybridized carbons (Fsp3) is 0.368. The van der Waals surface area contributed by atoms with Gasteiger partial charge in [-0.25, -0.2) is 9.50 Å². The van der Waals surface area contributed by atoms with E-state index >= 15 is 0 Å². The largest absolute Gasteiger partial charge is 0.319 e. The maximum atomic E-state index is 12.6. The van der Waals surface area contributed by atoms with E-state index in [2.05, 4.69) is 25.5 Å². The Hall–Kier alpha value is -3.00. The molecule has 0 amide bonds. The molecule has 2 N–H and O–H groups in total. The number of aryl methyl sites for hydroxylation is 2. The van der Waals surface area contributed by atoms with Crippen molar-refractivity contribution in [1.82, 2.24) is 34.7 Å². The molecule has 5 heterocycles. The van der Waals surface area contributed by atoms with E-state index in [4.69, 9.17) is 0 Å². The first-order valence-corrected chi connectivity index (χ1v) is 9.25. The van der Waals surface area contributed by atoms with Crippen molar-refractivity contribution in [3.8, 4) is 11.4 Å². The van der Waals surface area contributed by atoms with E-state index in [0.29, 0.717) is 22.9 Å². The van der Waals surface area contributed by atoms with Gasteiger partial charge in [-0.15, -0.1) is 0 Å². The first-order chi connectivity index (χ1) is 13.1. The van der Waals surface area contributed by atoms with Gasteiger partial charge < -0.3 is 10.3 Å². The molecule has 0 bridgehead atoms.